The highest BCUT2D eigenvalue weighted by Crippen LogP contribution is 2.23. The molecule has 1 amide bonds. The molecule has 0 aliphatic carbocycles. The first kappa shape index (κ1) is 17.5. The zero-order valence-electron chi connectivity index (χ0n) is 13.4. The first-order chi connectivity index (χ1) is 11.7. The van der Waals surface area contributed by atoms with E-state index in [1.165, 1.54) is 0 Å². The third-order valence-electron chi connectivity index (χ3n) is 3.26. The molecule has 0 saturated heterocycles. The van der Waals surface area contributed by atoms with Crippen LogP contribution in [0.2, 0.25) is 5.02 Å². The Morgan fingerprint density at radius 2 is 2.00 bits per heavy atom. The third-order valence-corrected chi connectivity index (χ3v) is 3.48. The van der Waals surface area contributed by atoms with Gasteiger partial charge in [-0.05, 0) is 42.0 Å². The van der Waals surface area contributed by atoms with Crippen LogP contribution in [0.3, 0.4) is 0 Å². The van der Waals surface area contributed by atoms with E-state index >= 15 is 0 Å². The number of nitriles is 1. The fraction of sp³-hybridized carbons (Fsp3) is 0.167. The maximum atomic E-state index is 12.2. The number of anilines is 1. The monoisotopic (exact) mass is 340 g/mol. The Bertz CT molecular complexity index is 878. The van der Waals surface area contributed by atoms with E-state index in [0.29, 0.717) is 16.3 Å². The molecule has 1 aromatic heterocycles. The van der Waals surface area contributed by atoms with E-state index in [9.17, 15) is 4.79 Å². The SMILES string of the molecule is CC.N#Cc1ccc(NC(=O)Cc2cc(Cl)cc3[nH]ncc23)cc1. The second-order valence-corrected chi connectivity index (χ2v) is 5.25. The Morgan fingerprint density at radius 1 is 1.29 bits per heavy atom. The van der Waals surface area contributed by atoms with E-state index in [1.807, 2.05) is 19.9 Å². The van der Waals surface area contributed by atoms with Crippen molar-refractivity contribution in [3.63, 3.8) is 0 Å². The lowest BCUT2D eigenvalue weighted by Gasteiger charge is -2.07. The van der Waals surface area contributed by atoms with E-state index in [0.717, 1.165) is 16.5 Å². The van der Waals surface area contributed by atoms with Gasteiger partial charge in [-0.3, -0.25) is 9.89 Å². The molecule has 0 unspecified atom stereocenters. The highest BCUT2D eigenvalue weighted by atomic mass is 35.5. The Morgan fingerprint density at radius 3 is 2.67 bits per heavy atom. The van der Waals surface area contributed by atoms with Gasteiger partial charge in [-0.2, -0.15) is 10.4 Å². The molecule has 2 aromatic carbocycles. The van der Waals surface area contributed by atoms with Crippen LogP contribution < -0.4 is 5.32 Å². The van der Waals surface area contributed by atoms with Crippen molar-refractivity contribution in [2.75, 3.05) is 5.32 Å². The normalized spacial score (nSPS) is 9.75. The van der Waals surface area contributed by atoms with Crippen LogP contribution in [-0.2, 0) is 11.2 Å². The molecule has 0 bridgehead atoms. The Labute approximate surface area is 145 Å². The average molecular weight is 341 g/mol. The van der Waals surface area contributed by atoms with Gasteiger partial charge >= 0.3 is 0 Å². The number of hydrogen-bond donors (Lipinski definition) is 2. The third kappa shape index (κ3) is 4.12. The predicted molar refractivity (Wildman–Crippen MR) is 95.9 cm³/mol. The summed E-state index contributed by atoms with van der Waals surface area (Å²) in [5.74, 6) is -0.158. The standard InChI is InChI=1S/C16H11ClN4O.C2H6/c17-12-5-11(14-9-19-21-15(14)7-12)6-16(22)20-13-3-1-10(8-18)2-4-13;1-2/h1-5,7,9H,6H2,(H,19,21)(H,20,22);1-2H3. The van der Waals surface area contributed by atoms with Crippen molar-refractivity contribution in [2.45, 2.75) is 20.3 Å². The van der Waals surface area contributed by atoms with Crippen molar-refractivity contribution in [2.24, 2.45) is 0 Å². The maximum absolute atomic E-state index is 12.2. The first-order valence-corrected chi connectivity index (χ1v) is 7.95. The molecule has 6 heteroatoms. The summed E-state index contributed by atoms with van der Waals surface area (Å²) in [6, 6.07) is 12.3. The van der Waals surface area contributed by atoms with Gasteiger partial charge in [0.05, 0.1) is 29.8 Å². The number of benzene rings is 2. The van der Waals surface area contributed by atoms with Gasteiger partial charge in [-0.25, -0.2) is 0 Å². The molecule has 0 aliphatic rings. The number of carbonyl (C=O) groups excluding carboxylic acids is 1. The minimum absolute atomic E-state index is 0.158. The molecule has 0 aliphatic heterocycles. The van der Waals surface area contributed by atoms with Gasteiger partial charge in [0.1, 0.15) is 0 Å². The summed E-state index contributed by atoms with van der Waals surface area (Å²) in [5.41, 5.74) is 2.80. The van der Waals surface area contributed by atoms with Crippen LogP contribution in [0.25, 0.3) is 10.9 Å². The van der Waals surface area contributed by atoms with Crippen LogP contribution in [0.1, 0.15) is 25.0 Å². The summed E-state index contributed by atoms with van der Waals surface area (Å²) >= 11 is 6.05. The van der Waals surface area contributed by atoms with Gasteiger partial charge in [-0.1, -0.05) is 25.4 Å². The van der Waals surface area contributed by atoms with E-state index < -0.39 is 0 Å². The van der Waals surface area contributed by atoms with E-state index in [2.05, 4.69) is 15.5 Å². The largest absolute Gasteiger partial charge is 0.326 e. The Balaban J connectivity index is 0.00000100. The summed E-state index contributed by atoms with van der Waals surface area (Å²) in [5, 5.41) is 19.8. The molecule has 3 rings (SSSR count). The predicted octanol–water partition coefficient (Wildman–Crippen LogP) is 4.30. The van der Waals surface area contributed by atoms with Gasteiger partial charge in [0, 0.05) is 16.1 Å². The van der Waals surface area contributed by atoms with Crippen LogP contribution in [0, 0.1) is 11.3 Å². The van der Waals surface area contributed by atoms with Crippen LogP contribution in [0.15, 0.2) is 42.6 Å². The molecule has 1 heterocycles. The molecular weight excluding hydrogens is 324 g/mol. The average Bonchev–Trinajstić information content (AvgIpc) is 3.06. The number of amides is 1. The highest BCUT2D eigenvalue weighted by molar-refractivity contribution is 6.31. The van der Waals surface area contributed by atoms with Gasteiger partial charge in [-0.15, -0.1) is 0 Å². The number of hydrogen-bond acceptors (Lipinski definition) is 3. The van der Waals surface area contributed by atoms with E-state index in [1.54, 1.807) is 42.6 Å². The number of rotatable bonds is 3. The minimum Gasteiger partial charge on any atom is -0.326 e. The second kappa shape index (κ2) is 8.14. The summed E-state index contributed by atoms with van der Waals surface area (Å²) in [7, 11) is 0. The quantitative estimate of drug-likeness (QED) is 0.746. The van der Waals surface area contributed by atoms with Crippen molar-refractivity contribution in [1.82, 2.24) is 10.2 Å². The topological polar surface area (TPSA) is 81.6 Å². The molecular formula is C18H17ClN4O. The van der Waals surface area contributed by atoms with Crippen molar-refractivity contribution in [3.8, 4) is 6.07 Å². The van der Waals surface area contributed by atoms with Gasteiger partial charge in [0.25, 0.3) is 0 Å². The zero-order valence-corrected chi connectivity index (χ0v) is 14.2. The molecule has 0 saturated carbocycles. The maximum Gasteiger partial charge on any atom is 0.228 e. The molecule has 5 nitrogen and oxygen atoms in total. The van der Waals surface area contributed by atoms with Gasteiger partial charge in [0.2, 0.25) is 5.91 Å². The molecule has 0 radical (unpaired) electrons. The number of nitrogens with one attached hydrogen (secondary N) is 2. The zero-order chi connectivity index (χ0) is 17.5. The number of fused-ring (bicyclic) bond motifs is 1. The van der Waals surface area contributed by atoms with Crippen molar-refractivity contribution >= 4 is 34.1 Å². The lowest BCUT2D eigenvalue weighted by atomic mass is 10.1. The van der Waals surface area contributed by atoms with Gasteiger partial charge in [0.15, 0.2) is 0 Å². The lowest BCUT2D eigenvalue weighted by molar-refractivity contribution is -0.115. The van der Waals surface area contributed by atoms with Crippen LogP contribution in [0.4, 0.5) is 5.69 Å². The van der Waals surface area contributed by atoms with Crippen LogP contribution in [0.5, 0.6) is 0 Å². The van der Waals surface area contributed by atoms with Crippen LogP contribution in [-0.4, -0.2) is 16.1 Å². The number of nitrogens with zero attached hydrogens (tertiary/aromatic N) is 2. The fourth-order valence-corrected chi connectivity index (χ4v) is 2.48. The van der Waals surface area contributed by atoms with Crippen LogP contribution >= 0.6 is 11.6 Å². The molecule has 122 valence electrons. The number of aromatic nitrogens is 2. The van der Waals surface area contributed by atoms with Crippen molar-refractivity contribution < 1.29 is 4.79 Å². The fourth-order valence-electron chi connectivity index (χ4n) is 2.24. The number of aromatic amines is 1. The molecule has 0 atom stereocenters. The summed E-state index contributed by atoms with van der Waals surface area (Å²) < 4.78 is 0. The molecule has 0 spiro atoms. The summed E-state index contributed by atoms with van der Waals surface area (Å²) in [6.45, 7) is 4.00. The molecule has 3 aromatic rings. The molecule has 0 fully saturated rings. The molecule has 2 N–H and O–H groups in total. The number of H-pyrrole nitrogens is 1. The highest BCUT2D eigenvalue weighted by Gasteiger charge is 2.10. The number of halogens is 1. The second-order valence-electron chi connectivity index (χ2n) is 4.81. The minimum atomic E-state index is -0.158. The van der Waals surface area contributed by atoms with Crippen molar-refractivity contribution in [1.29, 1.82) is 5.26 Å². The summed E-state index contributed by atoms with van der Waals surface area (Å²) in [4.78, 5) is 12.2. The smallest absolute Gasteiger partial charge is 0.228 e. The molecule has 24 heavy (non-hydrogen) atoms. The Kier molecular flexibility index (Phi) is 5.94. The lowest BCUT2D eigenvalue weighted by Crippen LogP contribution is -2.14. The van der Waals surface area contributed by atoms with E-state index in [-0.39, 0.29) is 12.3 Å². The van der Waals surface area contributed by atoms with Gasteiger partial charge < -0.3 is 5.32 Å². The summed E-state index contributed by atoms with van der Waals surface area (Å²) in [6.07, 6.45) is 1.87. The van der Waals surface area contributed by atoms with Crippen molar-refractivity contribution in [3.05, 3.63) is 58.7 Å². The number of carbonyl (C=O) groups is 1. The first-order valence-electron chi connectivity index (χ1n) is 7.57. The Hall–Kier alpha value is -2.84. The van der Waals surface area contributed by atoms with E-state index in [4.69, 9.17) is 16.9 Å².